The van der Waals surface area contributed by atoms with Gasteiger partial charge in [0.15, 0.2) is 0 Å². The quantitative estimate of drug-likeness (QED) is 0.582. The standard InChI is InChI=1S/C18H21BrIN/c1-5-21-18(15-10-14(19)6-7-16(15)20)17-12(3)8-11(2)9-13(17)4/h6-10,18,21H,5H2,1-4H3. The lowest BCUT2D eigenvalue weighted by Gasteiger charge is -2.25. The average molecular weight is 458 g/mol. The summed E-state index contributed by atoms with van der Waals surface area (Å²) in [5.74, 6) is 0. The third kappa shape index (κ3) is 3.88. The molecular weight excluding hydrogens is 437 g/mol. The molecule has 0 bridgehead atoms. The van der Waals surface area contributed by atoms with Crippen LogP contribution in [0.3, 0.4) is 0 Å². The van der Waals surface area contributed by atoms with Crippen molar-refractivity contribution in [2.75, 3.05) is 6.54 Å². The lowest BCUT2D eigenvalue weighted by atomic mass is 9.90. The first-order valence-corrected chi connectivity index (χ1v) is 9.07. The van der Waals surface area contributed by atoms with Gasteiger partial charge in [-0.2, -0.15) is 0 Å². The summed E-state index contributed by atoms with van der Waals surface area (Å²) in [6, 6.07) is 11.3. The fraction of sp³-hybridized carbons (Fsp3) is 0.333. The van der Waals surface area contributed by atoms with Crippen LogP contribution in [0.1, 0.15) is 40.8 Å². The maximum atomic E-state index is 3.66. The first kappa shape index (κ1) is 17.0. The van der Waals surface area contributed by atoms with Crippen molar-refractivity contribution in [3.8, 4) is 0 Å². The molecule has 21 heavy (non-hydrogen) atoms. The highest BCUT2D eigenvalue weighted by atomic mass is 127. The third-order valence-corrected chi connectivity index (χ3v) is 5.18. The fourth-order valence-electron chi connectivity index (χ4n) is 2.95. The minimum atomic E-state index is 0.236. The molecule has 2 aromatic carbocycles. The molecule has 0 saturated heterocycles. The van der Waals surface area contributed by atoms with Crippen LogP contribution in [0.15, 0.2) is 34.8 Å². The van der Waals surface area contributed by atoms with E-state index < -0.39 is 0 Å². The predicted octanol–water partition coefficient (Wildman–Crippen LogP) is 5.68. The normalized spacial score (nSPS) is 12.5. The molecule has 0 aliphatic rings. The molecule has 0 saturated carbocycles. The van der Waals surface area contributed by atoms with Crippen LogP contribution in [0.4, 0.5) is 0 Å². The molecule has 0 aliphatic heterocycles. The molecule has 3 heteroatoms. The second-order valence-electron chi connectivity index (χ2n) is 5.47. The molecule has 1 N–H and O–H groups in total. The minimum absolute atomic E-state index is 0.236. The summed E-state index contributed by atoms with van der Waals surface area (Å²) in [6.07, 6.45) is 0. The highest BCUT2D eigenvalue weighted by Crippen LogP contribution is 2.33. The van der Waals surface area contributed by atoms with Crippen LogP contribution in [0.25, 0.3) is 0 Å². The molecule has 2 rings (SSSR count). The van der Waals surface area contributed by atoms with Crippen LogP contribution in [0.2, 0.25) is 0 Å². The van der Waals surface area contributed by atoms with E-state index in [1.54, 1.807) is 0 Å². The first-order chi connectivity index (χ1) is 9.93. The van der Waals surface area contributed by atoms with Gasteiger partial charge in [0.25, 0.3) is 0 Å². The number of halogens is 2. The van der Waals surface area contributed by atoms with E-state index in [-0.39, 0.29) is 6.04 Å². The van der Waals surface area contributed by atoms with E-state index in [4.69, 9.17) is 0 Å². The Hall–Kier alpha value is -0.390. The monoisotopic (exact) mass is 457 g/mol. The summed E-state index contributed by atoms with van der Waals surface area (Å²) in [7, 11) is 0. The van der Waals surface area contributed by atoms with Gasteiger partial charge in [0.1, 0.15) is 0 Å². The van der Waals surface area contributed by atoms with Crippen LogP contribution >= 0.6 is 38.5 Å². The molecule has 2 aromatic rings. The lowest BCUT2D eigenvalue weighted by Crippen LogP contribution is -2.24. The number of nitrogens with one attached hydrogen (secondary N) is 1. The highest BCUT2D eigenvalue weighted by Gasteiger charge is 2.20. The van der Waals surface area contributed by atoms with Crippen LogP contribution in [-0.4, -0.2) is 6.54 Å². The number of benzene rings is 2. The van der Waals surface area contributed by atoms with E-state index in [1.165, 1.54) is 31.4 Å². The summed E-state index contributed by atoms with van der Waals surface area (Å²) in [5, 5.41) is 3.66. The Morgan fingerprint density at radius 3 is 2.29 bits per heavy atom. The average Bonchev–Trinajstić information content (AvgIpc) is 2.39. The molecule has 1 unspecified atom stereocenters. The van der Waals surface area contributed by atoms with Crippen LogP contribution < -0.4 is 5.32 Å². The molecule has 0 spiro atoms. The zero-order chi connectivity index (χ0) is 15.6. The number of aryl methyl sites for hydroxylation is 3. The van der Waals surface area contributed by atoms with Gasteiger partial charge < -0.3 is 5.32 Å². The first-order valence-electron chi connectivity index (χ1n) is 7.20. The van der Waals surface area contributed by atoms with E-state index >= 15 is 0 Å². The van der Waals surface area contributed by atoms with Crippen molar-refractivity contribution in [1.82, 2.24) is 5.32 Å². The zero-order valence-corrected chi connectivity index (χ0v) is 16.7. The van der Waals surface area contributed by atoms with Crippen LogP contribution in [0.5, 0.6) is 0 Å². The predicted molar refractivity (Wildman–Crippen MR) is 103 cm³/mol. The fourth-order valence-corrected chi connectivity index (χ4v) is 3.98. The van der Waals surface area contributed by atoms with E-state index in [9.17, 15) is 0 Å². The Morgan fingerprint density at radius 2 is 1.71 bits per heavy atom. The topological polar surface area (TPSA) is 12.0 Å². The van der Waals surface area contributed by atoms with Crippen molar-refractivity contribution in [2.24, 2.45) is 0 Å². The van der Waals surface area contributed by atoms with Crippen LogP contribution in [-0.2, 0) is 0 Å². The van der Waals surface area contributed by atoms with Gasteiger partial charge in [-0.1, -0.05) is 40.5 Å². The molecule has 0 amide bonds. The van der Waals surface area contributed by atoms with Crippen molar-refractivity contribution in [2.45, 2.75) is 33.7 Å². The maximum Gasteiger partial charge on any atom is 0.0592 e. The van der Waals surface area contributed by atoms with Crippen molar-refractivity contribution in [3.63, 3.8) is 0 Å². The van der Waals surface area contributed by atoms with E-state index in [0.29, 0.717) is 0 Å². The molecule has 0 aliphatic carbocycles. The Balaban J connectivity index is 2.61. The molecule has 0 heterocycles. The molecule has 1 nitrogen and oxygen atoms in total. The molecule has 112 valence electrons. The van der Waals surface area contributed by atoms with Gasteiger partial charge in [0, 0.05) is 8.04 Å². The number of hydrogen-bond acceptors (Lipinski definition) is 1. The second-order valence-corrected chi connectivity index (χ2v) is 7.55. The molecular formula is C18H21BrIN. The summed E-state index contributed by atoms with van der Waals surface area (Å²) in [4.78, 5) is 0. The lowest BCUT2D eigenvalue weighted by molar-refractivity contribution is 0.622. The van der Waals surface area contributed by atoms with Gasteiger partial charge in [-0.15, -0.1) is 0 Å². The van der Waals surface area contributed by atoms with Gasteiger partial charge in [0.2, 0.25) is 0 Å². The number of rotatable bonds is 4. The van der Waals surface area contributed by atoms with Gasteiger partial charge in [0.05, 0.1) is 6.04 Å². The van der Waals surface area contributed by atoms with E-state index in [0.717, 1.165) is 11.0 Å². The van der Waals surface area contributed by atoms with Crippen molar-refractivity contribution < 1.29 is 0 Å². The van der Waals surface area contributed by atoms with Gasteiger partial charge >= 0.3 is 0 Å². The molecule has 1 atom stereocenters. The van der Waals surface area contributed by atoms with Crippen molar-refractivity contribution >= 4 is 38.5 Å². The van der Waals surface area contributed by atoms with E-state index in [1.807, 2.05) is 0 Å². The zero-order valence-electron chi connectivity index (χ0n) is 12.9. The smallest absolute Gasteiger partial charge is 0.0592 e. The largest absolute Gasteiger partial charge is 0.306 e. The van der Waals surface area contributed by atoms with Crippen molar-refractivity contribution in [1.29, 1.82) is 0 Å². The number of hydrogen-bond donors (Lipinski definition) is 1. The van der Waals surface area contributed by atoms with E-state index in [2.05, 4.69) is 102 Å². The Bertz CT molecular complexity index is 629. The summed E-state index contributed by atoms with van der Waals surface area (Å²) in [5.41, 5.74) is 6.77. The van der Waals surface area contributed by atoms with Gasteiger partial charge in [-0.3, -0.25) is 0 Å². The summed E-state index contributed by atoms with van der Waals surface area (Å²) >= 11 is 6.03. The van der Waals surface area contributed by atoms with Crippen LogP contribution in [0, 0.1) is 24.3 Å². The molecule has 0 radical (unpaired) electrons. The van der Waals surface area contributed by atoms with Gasteiger partial charge in [-0.05, 0) is 90.4 Å². The maximum absolute atomic E-state index is 3.66. The molecule has 0 aromatic heterocycles. The summed E-state index contributed by atoms with van der Waals surface area (Å²) in [6.45, 7) is 9.70. The minimum Gasteiger partial charge on any atom is -0.306 e. The Morgan fingerprint density at radius 1 is 1.10 bits per heavy atom. The Labute approximate surface area is 149 Å². The molecule has 0 fully saturated rings. The Kier molecular flexibility index (Phi) is 5.86. The van der Waals surface area contributed by atoms with Gasteiger partial charge in [-0.25, -0.2) is 0 Å². The summed E-state index contributed by atoms with van der Waals surface area (Å²) < 4.78 is 2.42. The van der Waals surface area contributed by atoms with Crippen molar-refractivity contribution in [3.05, 3.63) is 66.2 Å². The second kappa shape index (κ2) is 7.25. The SMILES string of the molecule is CCNC(c1cc(Br)ccc1I)c1c(C)cc(C)cc1C. The third-order valence-electron chi connectivity index (χ3n) is 3.70. The highest BCUT2D eigenvalue weighted by molar-refractivity contribution is 14.1.